The van der Waals surface area contributed by atoms with E-state index >= 15 is 0 Å². The molecule has 1 aliphatic heterocycles. The minimum absolute atomic E-state index is 0.0334. The van der Waals surface area contributed by atoms with E-state index in [0.29, 0.717) is 19.4 Å². The molecule has 1 aliphatic rings. The zero-order valence-corrected chi connectivity index (χ0v) is 14.5. The van der Waals surface area contributed by atoms with Gasteiger partial charge in [-0.1, -0.05) is 29.3 Å². The summed E-state index contributed by atoms with van der Waals surface area (Å²) in [4.78, 5) is 25.2. The van der Waals surface area contributed by atoms with Gasteiger partial charge >= 0.3 is 6.03 Å². The van der Waals surface area contributed by atoms with Gasteiger partial charge in [-0.2, -0.15) is 0 Å². The maximum atomic E-state index is 12.1. The first-order chi connectivity index (χ1) is 10.8. The third kappa shape index (κ3) is 5.27. The van der Waals surface area contributed by atoms with Crippen LogP contribution < -0.4 is 10.6 Å². The molecule has 0 aromatic heterocycles. The second kappa shape index (κ2) is 7.49. The van der Waals surface area contributed by atoms with Gasteiger partial charge in [-0.05, 0) is 39.2 Å². The van der Waals surface area contributed by atoms with Gasteiger partial charge in [-0.25, -0.2) is 4.79 Å². The molecule has 0 unspecified atom stereocenters. The number of aryl methyl sites for hydroxylation is 2. The van der Waals surface area contributed by atoms with Gasteiger partial charge in [0.25, 0.3) is 0 Å². The van der Waals surface area contributed by atoms with Crippen LogP contribution in [0.25, 0.3) is 0 Å². The number of nitrogens with zero attached hydrogens (tertiary/aromatic N) is 1. The molecule has 0 spiro atoms. The van der Waals surface area contributed by atoms with Crippen LogP contribution >= 0.6 is 0 Å². The Morgan fingerprint density at radius 2 is 1.96 bits per heavy atom. The third-order valence-electron chi connectivity index (χ3n) is 4.16. The van der Waals surface area contributed by atoms with E-state index in [2.05, 4.69) is 42.7 Å². The maximum Gasteiger partial charge on any atom is 0.315 e. The molecule has 126 valence electrons. The van der Waals surface area contributed by atoms with Crippen molar-refractivity contribution in [2.45, 2.75) is 52.1 Å². The molecule has 0 radical (unpaired) electrons. The van der Waals surface area contributed by atoms with Gasteiger partial charge in [-0.15, -0.1) is 0 Å². The van der Waals surface area contributed by atoms with Crippen molar-refractivity contribution in [3.63, 3.8) is 0 Å². The number of urea groups is 1. The largest absolute Gasteiger partial charge is 0.344 e. The van der Waals surface area contributed by atoms with Crippen LogP contribution in [0.2, 0.25) is 0 Å². The van der Waals surface area contributed by atoms with Crippen molar-refractivity contribution in [3.8, 4) is 0 Å². The van der Waals surface area contributed by atoms with E-state index in [1.54, 1.807) is 11.9 Å². The molecule has 23 heavy (non-hydrogen) atoms. The Labute approximate surface area is 138 Å². The van der Waals surface area contributed by atoms with Gasteiger partial charge in [0.15, 0.2) is 0 Å². The van der Waals surface area contributed by atoms with Gasteiger partial charge < -0.3 is 15.5 Å². The summed E-state index contributed by atoms with van der Waals surface area (Å²) in [5, 5.41) is 5.95. The van der Waals surface area contributed by atoms with E-state index in [0.717, 1.165) is 6.42 Å². The molecule has 1 aromatic carbocycles. The van der Waals surface area contributed by atoms with Crippen LogP contribution in [-0.4, -0.2) is 42.5 Å². The number of nitrogens with one attached hydrogen (secondary N) is 2. The molecule has 1 aromatic rings. The minimum atomic E-state index is -0.158. The highest BCUT2D eigenvalue weighted by Gasteiger charge is 2.24. The summed E-state index contributed by atoms with van der Waals surface area (Å²) in [7, 11) is 1.77. The molecule has 0 aliphatic carbocycles. The SMILES string of the molecule is Cc1cc(C)cc(C[C@H](C)NC(=O)N[C@@H]2CCC(=O)N(C)C2)c1. The van der Waals surface area contributed by atoms with E-state index in [9.17, 15) is 9.59 Å². The maximum absolute atomic E-state index is 12.1. The standard InChI is InChI=1S/C18H27N3O2/c1-12-7-13(2)9-15(8-12)10-14(3)19-18(23)20-16-5-6-17(22)21(4)11-16/h7-9,14,16H,5-6,10-11H2,1-4H3,(H2,19,20,23)/t14-,16+/m0/s1. The minimum Gasteiger partial charge on any atom is -0.344 e. The molecule has 5 nitrogen and oxygen atoms in total. The molecular formula is C18H27N3O2. The van der Waals surface area contributed by atoms with Crippen LogP contribution in [0, 0.1) is 13.8 Å². The number of piperidine rings is 1. The van der Waals surface area contributed by atoms with E-state index in [1.165, 1.54) is 16.7 Å². The van der Waals surface area contributed by atoms with Crippen LogP contribution in [-0.2, 0) is 11.2 Å². The molecule has 1 saturated heterocycles. The molecule has 1 fully saturated rings. The molecule has 0 saturated carbocycles. The highest BCUT2D eigenvalue weighted by molar-refractivity contribution is 5.78. The predicted molar refractivity (Wildman–Crippen MR) is 91.4 cm³/mol. The molecular weight excluding hydrogens is 290 g/mol. The van der Waals surface area contributed by atoms with Crippen LogP contribution in [0.5, 0.6) is 0 Å². The Morgan fingerprint density at radius 3 is 2.57 bits per heavy atom. The highest BCUT2D eigenvalue weighted by Crippen LogP contribution is 2.11. The van der Waals surface area contributed by atoms with Crippen molar-refractivity contribution in [1.29, 1.82) is 0 Å². The van der Waals surface area contributed by atoms with Crippen LogP contribution in [0.15, 0.2) is 18.2 Å². The Kier molecular flexibility index (Phi) is 5.64. The highest BCUT2D eigenvalue weighted by atomic mass is 16.2. The van der Waals surface area contributed by atoms with E-state index in [4.69, 9.17) is 0 Å². The topological polar surface area (TPSA) is 61.4 Å². The Bertz CT molecular complexity index is 565. The Balaban J connectivity index is 1.81. The zero-order chi connectivity index (χ0) is 17.0. The molecule has 0 bridgehead atoms. The van der Waals surface area contributed by atoms with Crippen molar-refractivity contribution in [1.82, 2.24) is 15.5 Å². The first-order valence-corrected chi connectivity index (χ1v) is 8.21. The van der Waals surface area contributed by atoms with Gasteiger partial charge in [0.2, 0.25) is 5.91 Å². The quantitative estimate of drug-likeness (QED) is 0.894. The average molecular weight is 317 g/mol. The fraction of sp³-hybridized carbons (Fsp3) is 0.556. The number of carbonyl (C=O) groups is 2. The van der Waals surface area contributed by atoms with E-state index < -0.39 is 0 Å². The summed E-state index contributed by atoms with van der Waals surface area (Å²) >= 11 is 0. The Morgan fingerprint density at radius 1 is 1.30 bits per heavy atom. The number of benzene rings is 1. The summed E-state index contributed by atoms with van der Waals surface area (Å²) in [5.41, 5.74) is 3.72. The normalized spacial score (nSPS) is 19.4. The monoisotopic (exact) mass is 317 g/mol. The number of likely N-dealkylation sites (N-methyl/N-ethyl adjacent to an activating group) is 1. The van der Waals surface area contributed by atoms with E-state index in [-0.39, 0.29) is 24.0 Å². The van der Waals surface area contributed by atoms with Crippen molar-refractivity contribution in [2.75, 3.05) is 13.6 Å². The lowest BCUT2D eigenvalue weighted by molar-refractivity contribution is -0.132. The van der Waals surface area contributed by atoms with Gasteiger partial charge in [-0.3, -0.25) is 4.79 Å². The second-order valence-electron chi connectivity index (χ2n) is 6.73. The predicted octanol–water partition coefficient (Wildman–Crippen LogP) is 2.15. The van der Waals surface area contributed by atoms with Crippen molar-refractivity contribution >= 4 is 11.9 Å². The smallest absolute Gasteiger partial charge is 0.315 e. The fourth-order valence-corrected chi connectivity index (χ4v) is 3.17. The van der Waals surface area contributed by atoms with Crippen molar-refractivity contribution in [3.05, 3.63) is 34.9 Å². The number of rotatable bonds is 4. The number of hydrogen-bond acceptors (Lipinski definition) is 2. The molecule has 2 N–H and O–H groups in total. The summed E-state index contributed by atoms with van der Waals surface area (Å²) in [6.07, 6.45) is 2.01. The van der Waals surface area contributed by atoms with Crippen LogP contribution in [0.1, 0.15) is 36.5 Å². The lowest BCUT2D eigenvalue weighted by atomic mass is 10.0. The van der Waals surface area contributed by atoms with Gasteiger partial charge in [0.1, 0.15) is 0 Å². The number of carbonyl (C=O) groups excluding carboxylic acids is 2. The third-order valence-corrected chi connectivity index (χ3v) is 4.16. The van der Waals surface area contributed by atoms with Gasteiger partial charge in [0, 0.05) is 32.1 Å². The molecule has 5 heteroatoms. The number of amides is 3. The molecule has 3 amide bonds. The zero-order valence-electron chi connectivity index (χ0n) is 14.5. The van der Waals surface area contributed by atoms with Crippen molar-refractivity contribution < 1.29 is 9.59 Å². The number of likely N-dealkylation sites (tertiary alicyclic amines) is 1. The second-order valence-corrected chi connectivity index (χ2v) is 6.73. The van der Waals surface area contributed by atoms with Crippen LogP contribution in [0.4, 0.5) is 4.79 Å². The van der Waals surface area contributed by atoms with Crippen LogP contribution in [0.3, 0.4) is 0 Å². The van der Waals surface area contributed by atoms with Crippen molar-refractivity contribution in [2.24, 2.45) is 0 Å². The molecule has 2 rings (SSSR count). The summed E-state index contributed by atoms with van der Waals surface area (Å²) in [6.45, 7) is 6.76. The first-order valence-electron chi connectivity index (χ1n) is 8.21. The molecule has 2 atom stereocenters. The summed E-state index contributed by atoms with van der Waals surface area (Å²) in [6, 6.07) is 6.39. The first kappa shape index (κ1) is 17.3. The van der Waals surface area contributed by atoms with E-state index in [1.807, 2.05) is 6.92 Å². The Hall–Kier alpha value is -2.04. The lowest BCUT2D eigenvalue weighted by Gasteiger charge is -2.30. The number of hydrogen-bond donors (Lipinski definition) is 2. The lowest BCUT2D eigenvalue weighted by Crippen LogP contribution is -2.52. The summed E-state index contributed by atoms with van der Waals surface area (Å²) < 4.78 is 0. The average Bonchev–Trinajstić information content (AvgIpc) is 2.41. The molecule has 1 heterocycles. The fourth-order valence-electron chi connectivity index (χ4n) is 3.17. The van der Waals surface area contributed by atoms with Gasteiger partial charge in [0.05, 0.1) is 0 Å². The summed E-state index contributed by atoms with van der Waals surface area (Å²) in [5.74, 6) is 0.145.